The first-order chi connectivity index (χ1) is 8.55. The number of furan rings is 1. The number of benzene rings is 1. The average Bonchev–Trinajstić information content (AvgIpc) is 2.81. The van der Waals surface area contributed by atoms with E-state index >= 15 is 0 Å². The van der Waals surface area contributed by atoms with Crippen molar-refractivity contribution < 1.29 is 8.81 Å². The summed E-state index contributed by atoms with van der Waals surface area (Å²) < 4.78 is 19.1. The second-order valence-electron chi connectivity index (χ2n) is 4.44. The molecular weight excluding hydrogens is 231 g/mol. The molecule has 18 heavy (non-hydrogen) atoms. The summed E-state index contributed by atoms with van der Waals surface area (Å²) in [6, 6.07) is 10.0. The van der Waals surface area contributed by atoms with Gasteiger partial charge in [0.2, 0.25) is 0 Å². The van der Waals surface area contributed by atoms with Crippen molar-refractivity contribution in [3.8, 4) is 6.07 Å². The standard InChI is InChI=1S/C14H13FN2O/c1-14(9-16,8-11-3-2-6-18-11)12-5-4-10(17)7-13(12)15/h2-7H,8,17H2,1H3. The maximum atomic E-state index is 13.9. The van der Waals surface area contributed by atoms with E-state index in [9.17, 15) is 9.65 Å². The highest BCUT2D eigenvalue weighted by atomic mass is 19.1. The fourth-order valence-electron chi connectivity index (χ4n) is 1.94. The highest BCUT2D eigenvalue weighted by Crippen LogP contribution is 2.30. The smallest absolute Gasteiger partial charge is 0.130 e. The predicted octanol–water partition coefficient (Wildman–Crippen LogP) is 3.02. The molecule has 0 aliphatic heterocycles. The SMILES string of the molecule is CC(C#N)(Cc1ccco1)c1ccc(N)cc1F. The van der Waals surface area contributed by atoms with Gasteiger partial charge in [0.25, 0.3) is 0 Å². The Kier molecular flexibility index (Phi) is 3.07. The Balaban J connectivity index is 2.41. The largest absolute Gasteiger partial charge is 0.469 e. The third-order valence-electron chi connectivity index (χ3n) is 2.94. The van der Waals surface area contributed by atoms with E-state index < -0.39 is 11.2 Å². The van der Waals surface area contributed by atoms with E-state index in [1.165, 1.54) is 12.3 Å². The summed E-state index contributed by atoms with van der Waals surface area (Å²) in [6.07, 6.45) is 1.85. The number of nitrogen functional groups attached to an aromatic ring is 1. The van der Waals surface area contributed by atoms with Crippen LogP contribution in [0.4, 0.5) is 10.1 Å². The molecule has 1 aromatic carbocycles. The number of rotatable bonds is 3. The number of nitrogens with zero attached hydrogens (tertiary/aromatic N) is 1. The zero-order chi connectivity index (χ0) is 13.2. The van der Waals surface area contributed by atoms with Crippen molar-refractivity contribution in [1.82, 2.24) is 0 Å². The molecule has 2 aromatic rings. The molecule has 0 amide bonds. The summed E-state index contributed by atoms with van der Waals surface area (Å²) in [5, 5.41) is 9.34. The maximum absolute atomic E-state index is 13.9. The number of halogens is 1. The summed E-state index contributed by atoms with van der Waals surface area (Å²) in [5.41, 5.74) is 5.20. The van der Waals surface area contributed by atoms with Crippen molar-refractivity contribution in [3.05, 3.63) is 53.7 Å². The molecule has 0 fully saturated rings. The van der Waals surface area contributed by atoms with E-state index in [0.29, 0.717) is 23.4 Å². The minimum Gasteiger partial charge on any atom is -0.469 e. The average molecular weight is 244 g/mol. The van der Waals surface area contributed by atoms with Crippen LogP contribution in [0.1, 0.15) is 18.2 Å². The van der Waals surface area contributed by atoms with Crippen molar-refractivity contribution in [2.45, 2.75) is 18.8 Å². The molecule has 3 nitrogen and oxygen atoms in total. The van der Waals surface area contributed by atoms with Gasteiger partial charge in [-0.1, -0.05) is 6.07 Å². The quantitative estimate of drug-likeness (QED) is 0.844. The molecule has 0 saturated heterocycles. The van der Waals surface area contributed by atoms with Crippen molar-refractivity contribution in [1.29, 1.82) is 5.26 Å². The Morgan fingerprint density at radius 3 is 2.78 bits per heavy atom. The highest BCUT2D eigenvalue weighted by molar-refractivity contribution is 5.44. The molecular formula is C14H13FN2O. The summed E-state index contributed by atoms with van der Waals surface area (Å²) >= 11 is 0. The zero-order valence-electron chi connectivity index (χ0n) is 9.98. The Hall–Kier alpha value is -2.28. The number of hydrogen-bond donors (Lipinski definition) is 1. The van der Waals surface area contributed by atoms with Crippen LogP contribution in [0.25, 0.3) is 0 Å². The van der Waals surface area contributed by atoms with Gasteiger partial charge in [-0.15, -0.1) is 0 Å². The second kappa shape index (κ2) is 4.53. The molecule has 2 rings (SSSR count). The van der Waals surface area contributed by atoms with Gasteiger partial charge in [-0.2, -0.15) is 5.26 Å². The molecule has 92 valence electrons. The van der Waals surface area contributed by atoms with E-state index in [1.807, 2.05) is 0 Å². The first-order valence-electron chi connectivity index (χ1n) is 5.54. The van der Waals surface area contributed by atoms with Crippen LogP contribution in [0.5, 0.6) is 0 Å². The molecule has 1 aromatic heterocycles. The Morgan fingerprint density at radius 2 is 2.22 bits per heavy atom. The maximum Gasteiger partial charge on any atom is 0.130 e. The van der Waals surface area contributed by atoms with Gasteiger partial charge >= 0.3 is 0 Å². The lowest BCUT2D eigenvalue weighted by Crippen LogP contribution is -2.24. The molecule has 0 spiro atoms. The van der Waals surface area contributed by atoms with E-state index in [0.717, 1.165) is 0 Å². The van der Waals surface area contributed by atoms with E-state index in [4.69, 9.17) is 10.2 Å². The Bertz CT molecular complexity index is 586. The lowest BCUT2D eigenvalue weighted by Gasteiger charge is -2.21. The first kappa shape index (κ1) is 12.2. The van der Waals surface area contributed by atoms with Crippen LogP contribution in [0.15, 0.2) is 41.0 Å². The summed E-state index contributed by atoms with van der Waals surface area (Å²) in [4.78, 5) is 0. The molecule has 0 radical (unpaired) electrons. The van der Waals surface area contributed by atoms with Gasteiger partial charge in [0.15, 0.2) is 0 Å². The third-order valence-corrected chi connectivity index (χ3v) is 2.94. The van der Waals surface area contributed by atoms with Crippen LogP contribution in [0, 0.1) is 17.1 Å². The van der Waals surface area contributed by atoms with Crippen molar-refractivity contribution in [2.24, 2.45) is 0 Å². The molecule has 0 aliphatic carbocycles. The van der Waals surface area contributed by atoms with Crippen LogP contribution in [0.2, 0.25) is 0 Å². The second-order valence-corrected chi connectivity index (χ2v) is 4.44. The first-order valence-corrected chi connectivity index (χ1v) is 5.54. The lowest BCUT2D eigenvalue weighted by atomic mass is 9.80. The van der Waals surface area contributed by atoms with E-state index in [2.05, 4.69) is 6.07 Å². The van der Waals surface area contributed by atoms with Crippen molar-refractivity contribution >= 4 is 5.69 Å². The minimum absolute atomic E-state index is 0.317. The monoisotopic (exact) mass is 244 g/mol. The number of nitrogens with two attached hydrogens (primary N) is 1. The van der Waals surface area contributed by atoms with Gasteiger partial charge < -0.3 is 10.2 Å². The van der Waals surface area contributed by atoms with Crippen LogP contribution in [0.3, 0.4) is 0 Å². The predicted molar refractivity (Wildman–Crippen MR) is 66.2 cm³/mol. The summed E-state index contributed by atoms with van der Waals surface area (Å²) in [6.45, 7) is 1.68. The van der Waals surface area contributed by atoms with Gasteiger partial charge in [0.05, 0.1) is 17.7 Å². The van der Waals surface area contributed by atoms with Crippen LogP contribution in [-0.2, 0) is 11.8 Å². The molecule has 0 aliphatic rings. The van der Waals surface area contributed by atoms with E-state index in [-0.39, 0.29) is 0 Å². The minimum atomic E-state index is -0.977. The van der Waals surface area contributed by atoms with Crippen LogP contribution < -0.4 is 5.73 Å². The van der Waals surface area contributed by atoms with Gasteiger partial charge in [-0.25, -0.2) is 4.39 Å². The molecule has 1 unspecified atom stereocenters. The molecule has 0 saturated carbocycles. The summed E-state index contributed by atoms with van der Waals surface area (Å²) in [5.74, 6) is 0.181. The number of anilines is 1. The topological polar surface area (TPSA) is 63.0 Å². The third kappa shape index (κ3) is 2.21. The van der Waals surface area contributed by atoms with Crippen molar-refractivity contribution in [3.63, 3.8) is 0 Å². The molecule has 1 heterocycles. The van der Waals surface area contributed by atoms with Gasteiger partial charge in [-0.3, -0.25) is 0 Å². The zero-order valence-corrected chi connectivity index (χ0v) is 9.98. The Labute approximate surface area is 105 Å². The normalized spacial score (nSPS) is 13.8. The molecule has 1 atom stereocenters. The molecule has 2 N–H and O–H groups in total. The molecule has 0 bridgehead atoms. The fourth-order valence-corrected chi connectivity index (χ4v) is 1.94. The fraction of sp³-hybridized carbons (Fsp3) is 0.214. The van der Waals surface area contributed by atoms with Crippen molar-refractivity contribution in [2.75, 3.05) is 5.73 Å². The van der Waals surface area contributed by atoms with Gasteiger partial charge in [0, 0.05) is 17.7 Å². The van der Waals surface area contributed by atoms with Crippen LogP contribution in [-0.4, -0.2) is 0 Å². The number of hydrogen-bond acceptors (Lipinski definition) is 3. The van der Waals surface area contributed by atoms with Gasteiger partial charge in [0.1, 0.15) is 11.6 Å². The van der Waals surface area contributed by atoms with Crippen LogP contribution >= 0.6 is 0 Å². The Morgan fingerprint density at radius 1 is 1.44 bits per heavy atom. The lowest BCUT2D eigenvalue weighted by molar-refractivity contribution is 0.451. The molecule has 4 heteroatoms. The highest BCUT2D eigenvalue weighted by Gasteiger charge is 2.31. The number of nitriles is 1. The summed E-state index contributed by atoms with van der Waals surface area (Å²) in [7, 11) is 0. The van der Waals surface area contributed by atoms with E-state index in [1.54, 1.807) is 31.2 Å². The van der Waals surface area contributed by atoms with Gasteiger partial charge in [-0.05, 0) is 31.2 Å².